The van der Waals surface area contributed by atoms with Gasteiger partial charge in [0.05, 0.1) is 18.8 Å². The number of hydrogen-bond acceptors (Lipinski definition) is 3. The predicted octanol–water partition coefficient (Wildman–Crippen LogP) is 4.79. The lowest BCUT2D eigenvalue weighted by Crippen LogP contribution is -2.36. The molecule has 6 heteroatoms. The van der Waals surface area contributed by atoms with Gasteiger partial charge in [-0.3, -0.25) is 0 Å². The van der Waals surface area contributed by atoms with Crippen LogP contribution >= 0.6 is 35.3 Å². The number of aliphatic imine (C=N–C) groups is 1. The van der Waals surface area contributed by atoms with Crippen molar-refractivity contribution >= 4 is 52.0 Å². The molecular formula is C20H25IN4S. The molecule has 0 amide bonds. The van der Waals surface area contributed by atoms with Gasteiger partial charge in [-0.1, -0.05) is 36.4 Å². The summed E-state index contributed by atoms with van der Waals surface area (Å²) in [5, 5.41) is 10.3. The summed E-state index contributed by atoms with van der Waals surface area (Å²) in [7, 11) is 0. The van der Waals surface area contributed by atoms with Gasteiger partial charge in [-0.2, -0.15) is 0 Å². The van der Waals surface area contributed by atoms with E-state index in [-0.39, 0.29) is 24.0 Å². The number of rotatable bonds is 5. The molecule has 0 saturated carbocycles. The standard InChI is InChI=1S/C20H24N4S.HI/c1-4-21-20(23-13-19-24-14(2)15(3)25-19)22-12-16-9-10-17-7-5-6-8-18(17)11-16;/h5-11H,4,12-13H2,1-3H3,(H2,21,22,23);1H. The molecule has 1 aromatic heterocycles. The van der Waals surface area contributed by atoms with E-state index in [4.69, 9.17) is 4.99 Å². The predicted molar refractivity (Wildman–Crippen MR) is 123 cm³/mol. The van der Waals surface area contributed by atoms with Crippen LogP contribution < -0.4 is 10.6 Å². The topological polar surface area (TPSA) is 49.3 Å². The molecule has 0 fully saturated rings. The van der Waals surface area contributed by atoms with Crippen LogP contribution in [0.1, 0.15) is 28.1 Å². The van der Waals surface area contributed by atoms with Crippen LogP contribution in [0.4, 0.5) is 0 Å². The second-order valence-electron chi connectivity index (χ2n) is 5.98. The number of nitrogens with one attached hydrogen (secondary N) is 2. The van der Waals surface area contributed by atoms with Crippen molar-refractivity contribution in [1.29, 1.82) is 0 Å². The van der Waals surface area contributed by atoms with Gasteiger partial charge in [0.1, 0.15) is 5.01 Å². The van der Waals surface area contributed by atoms with Crippen molar-refractivity contribution in [2.45, 2.75) is 33.9 Å². The van der Waals surface area contributed by atoms with E-state index in [9.17, 15) is 0 Å². The Bertz CT molecular complexity index is 869. The number of benzene rings is 2. The maximum absolute atomic E-state index is 4.71. The number of hydrogen-bond donors (Lipinski definition) is 2. The fourth-order valence-corrected chi connectivity index (χ4v) is 3.50. The molecule has 4 nitrogen and oxygen atoms in total. The first kappa shape index (κ1) is 20.6. The molecule has 0 aliphatic rings. The molecule has 0 aliphatic heterocycles. The van der Waals surface area contributed by atoms with Gasteiger partial charge in [0.25, 0.3) is 0 Å². The average Bonchev–Trinajstić information content (AvgIpc) is 2.95. The SMILES string of the molecule is CCNC(=NCc1ccc2ccccc2c1)NCc1nc(C)c(C)s1.I. The summed E-state index contributed by atoms with van der Waals surface area (Å²) in [6, 6.07) is 14.9. The molecule has 0 aliphatic carbocycles. The Kier molecular flexibility index (Phi) is 7.84. The molecule has 1 heterocycles. The molecular weight excluding hydrogens is 455 g/mol. The van der Waals surface area contributed by atoms with E-state index in [0.29, 0.717) is 13.1 Å². The van der Waals surface area contributed by atoms with Crippen molar-refractivity contribution < 1.29 is 0 Å². The number of aromatic nitrogens is 1. The molecule has 0 radical (unpaired) electrons. The van der Waals surface area contributed by atoms with Gasteiger partial charge in [-0.05, 0) is 43.2 Å². The van der Waals surface area contributed by atoms with Gasteiger partial charge >= 0.3 is 0 Å². The minimum atomic E-state index is 0. The molecule has 0 saturated heterocycles. The molecule has 0 spiro atoms. The Morgan fingerprint density at radius 3 is 2.54 bits per heavy atom. The minimum Gasteiger partial charge on any atom is -0.357 e. The Balaban J connectivity index is 0.00000243. The molecule has 138 valence electrons. The van der Waals surface area contributed by atoms with Gasteiger partial charge < -0.3 is 10.6 Å². The van der Waals surface area contributed by atoms with Crippen LogP contribution in [0.25, 0.3) is 10.8 Å². The molecule has 2 aromatic carbocycles. The number of nitrogens with zero attached hydrogens (tertiary/aromatic N) is 2. The van der Waals surface area contributed by atoms with Crippen LogP contribution in [0.3, 0.4) is 0 Å². The van der Waals surface area contributed by atoms with Crippen LogP contribution in [0.15, 0.2) is 47.5 Å². The highest BCUT2D eigenvalue weighted by Crippen LogP contribution is 2.17. The first-order chi connectivity index (χ1) is 12.2. The highest BCUT2D eigenvalue weighted by Gasteiger charge is 2.05. The molecule has 3 rings (SSSR count). The summed E-state index contributed by atoms with van der Waals surface area (Å²) in [4.78, 5) is 10.5. The lowest BCUT2D eigenvalue weighted by molar-refractivity contribution is 0.810. The number of fused-ring (bicyclic) bond motifs is 1. The van der Waals surface area contributed by atoms with E-state index in [0.717, 1.165) is 23.2 Å². The first-order valence-electron chi connectivity index (χ1n) is 8.58. The number of halogens is 1. The zero-order valence-electron chi connectivity index (χ0n) is 15.4. The third-order valence-corrected chi connectivity index (χ3v) is 5.13. The lowest BCUT2D eigenvalue weighted by Gasteiger charge is -2.10. The van der Waals surface area contributed by atoms with Crippen LogP contribution in [-0.2, 0) is 13.1 Å². The van der Waals surface area contributed by atoms with Gasteiger partial charge in [0, 0.05) is 11.4 Å². The second-order valence-corrected chi connectivity index (χ2v) is 7.27. The molecule has 26 heavy (non-hydrogen) atoms. The first-order valence-corrected chi connectivity index (χ1v) is 9.40. The summed E-state index contributed by atoms with van der Waals surface area (Å²) in [5.74, 6) is 0.821. The van der Waals surface area contributed by atoms with E-state index in [1.807, 2.05) is 6.92 Å². The van der Waals surface area contributed by atoms with Crippen LogP contribution in [-0.4, -0.2) is 17.5 Å². The van der Waals surface area contributed by atoms with Gasteiger partial charge in [0.15, 0.2) is 5.96 Å². The molecule has 2 N–H and O–H groups in total. The summed E-state index contributed by atoms with van der Waals surface area (Å²) < 4.78 is 0. The maximum atomic E-state index is 4.71. The number of guanidine groups is 1. The minimum absolute atomic E-state index is 0. The van der Waals surface area contributed by atoms with Crippen molar-refractivity contribution in [2.24, 2.45) is 4.99 Å². The van der Waals surface area contributed by atoms with E-state index < -0.39 is 0 Å². The Morgan fingerprint density at radius 2 is 1.85 bits per heavy atom. The maximum Gasteiger partial charge on any atom is 0.191 e. The van der Waals surface area contributed by atoms with Crippen molar-refractivity contribution in [3.05, 3.63) is 63.6 Å². The summed E-state index contributed by atoms with van der Waals surface area (Å²) in [6.45, 7) is 8.41. The Hall–Kier alpha value is -1.67. The van der Waals surface area contributed by atoms with E-state index in [1.54, 1.807) is 11.3 Å². The molecule has 3 aromatic rings. The zero-order chi connectivity index (χ0) is 17.6. The number of thiazole rings is 1. The van der Waals surface area contributed by atoms with Crippen LogP contribution in [0, 0.1) is 13.8 Å². The van der Waals surface area contributed by atoms with Crippen LogP contribution in [0.2, 0.25) is 0 Å². The number of aryl methyl sites for hydroxylation is 2. The smallest absolute Gasteiger partial charge is 0.191 e. The molecule has 0 unspecified atom stereocenters. The van der Waals surface area contributed by atoms with Crippen LogP contribution in [0.5, 0.6) is 0 Å². The van der Waals surface area contributed by atoms with Crippen molar-refractivity contribution in [3.63, 3.8) is 0 Å². The van der Waals surface area contributed by atoms with Crippen molar-refractivity contribution in [1.82, 2.24) is 15.6 Å². The van der Waals surface area contributed by atoms with E-state index >= 15 is 0 Å². The Morgan fingerprint density at radius 1 is 1.08 bits per heavy atom. The summed E-state index contributed by atoms with van der Waals surface area (Å²) in [6.07, 6.45) is 0. The fraction of sp³-hybridized carbons (Fsp3) is 0.300. The monoisotopic (exact) mass is 480 g/mol. The quantitative estimate of drug-likeness (QED) is 0.314. The van der Waals surface area contributed by atoms with Gasteiger partial charge in [0.2, 0.25) is 0 Å². The molecule has 0 bridgehead atoms. The lowest BCUT2D eigenvalue weighted by atomic mass is 10.1. The fourth-order valence-electron chi connectivity index (χ4n) is 2.62. The highest BCUT2D eigenvalue weighted by molar-refractivity contribution is 14.0. The Labute approximate surface area is 176 Å². The second kappa shape index (κ2) is 9.87. The van der Waals surface area contributed by atoms with Crippen molar-refractivity contribution in [3.8, 4) is 0 Å². The summed E-state index contributed by atoms with van der Waals surface area (Å²) in [5.41, 5.74) is 2.32. The van der Waals surface area contributed by atoms with E-state index in [2.05, 4.69) is 71.9 Å². The molecule has 0 atom stereocenters. The normalized spacial score (nSPS) is 11.3. The van der Waals surface area contributed by atoms with E-state index in [1.165, 1.54) is 21.2 Å². The largest absolute Gasteiger partial charge is 0.357 e. The van der Waals surface area contributed by atoms with Gasteiger partial charge in [-0.25, -0.2) is 9.98 Å². The summed E-state index contributed by atoms with van der Waals surface area (Å²) >= 11 is 1.73. The zero-order valence-corrected chi connectivity index (χ0v) is 18.5. The van der Waals surface area contributed by atoms with Crippen molar-refractivity contribution in [2.75, 3.05) is 6.54 Å². The van der Waals surface area contributed by atoms with Gasteiger partial charge in [-0.15, -0.1) is 35.3 Å². The third kappa shape index (κ3) is 5.41. The highest BCUT2D eigenvalue weighted by atomic mass is 127. The average molecular weight is 480 g/mol. The third-order valence-electron chi connectivity index (χ3n) is 4.06.